The molecule has 1 aliphatic carbocycles. The first kappa shape index (κ1) is 13.8. The second-order valence-electron chi connectivity index (χ2n) is 4.83. The van der Waals surface area contributed by atoms with E-state index >= 15 is 0 Å². The van der Waals surface area contributed by atoms with Crippen LogP contribution in [-0.4, -0.2) is 28.2 Å². The fourth-order valence-electron chi connectivity index (χ4n) is 2.32. The zero-order valence-electron chi connectivity index (χ0n) is 10.8. The van der Waals surface area contributed by atoms with Gasteiger partial charge in [0.05, 0.1) is 11.8 Å². The summed E-state index contributed by atoms with van der Waals surface area (Å²) >= 11 is 0. The molecule has 0 spiro atoms. The number of aliphatic hydroxyl groups excluding tert-OH is 1. The van der Waals surface area contributed by atoms with E-state index in [9.17, 15) is 9.50 Å². The molecule has 1 saturated carbocycles. The van der Waals surface area contributed by atoms with Gasteiger partial charge in [0.15, 0.2) is 0 Å². The first-order valence-electron chi connectivity index (χ1n) is 6.45. The number of nitrogens with zero attached hydrogens (tertiary/aromatic N) is 1. The Hall–Kier alpha value is -1.62. The molecule has 5 heteroatoms. The highest BCUT2D eigenvalue weighted by molar-refractivity contribution is 6.00. The van der Waals surface area contributed by atoms with Gasteiger partial charge in [-0.1, -0.05) is 11.6 Å². The van der Waals surface area contributed by atoms with E-state index in [4.69, 9.17) is 9.94 Å². The second kappa shape index (κ2) is 6.02. The van der Waals surface area contributed by atoms with E-state index in [0.29, 0.717) is 23.4 Å². The zero-order valence-corrected chi connectivity index (χ0v) is 10.8. The summed E-state index contributed by atoms with van der Waals surface area (Å²) < 4.78 is 19.0. The van der Waals surface area contributed by atoms with Gasteiger partial charge < -0.3 is 15.1 Å². The number of hydrogen-bond donors (Lipinski definition) is 2. The summed E-state index contributed by atoms with van der Waals surface area (Å²) in [6.07, 6.45) is 2.54. The average molecular weight is 267 g/mol. The summed E-state index contributed by atoms with van der Waals surface area (Å²) in [6.45, 7) is 1.61. The molecular formula is C14H18FNO3. The summed E-state index contributed by atoms with van der Waals surface area (Å²) in [5.74, 6) is -0.115. The molecule has 0 aliphatic heterocycles. The van der Waals surface area contributed by atoms with E-state index in [2.05, 4.69) is 5.16 Å². The van der Waals surface area contributed by atoms with Crippen LogP contribution in [0.3, 0.4) is 0 Å². The standard InChI is InChI=1S/C14H18FNO3/c1-9(16-18)11-7-6-10(15)8-14(11)19-13-5-3-2-4-12(13)17/h6-8,12-13,17-18H,2-5H2,1H3. The topological polar surface area (TPSA) is 62.1 Å². The molecule has 104 valence electrons. The van der Waals surface area contributed by atoms with E-state index < -0.39 is 11.9 Å². The number of ether oxygens (including phenoxy) is 1. The maximum absolute atomic E-state index is 13.3. The average Bonchev–Trinajstić information content (AvgIpc) is 2.41. The molecule has 1 fully saturated rings. The number of aliphatic hydroxyl groups is 1. The first-order chi connectivity index (χ1) is 9.11. The third-order valence-corrected chi connectivity index (χ3v) is 3.43. The van der Waals surface area contributed by atoms with E-state index in [0.717, 1.165) is 19.3 Å². The van der Waals surface area contributed by atoms with Gasteiger partial charge in [0.2, 0.25) is 0 Å². The number of oxime groups is 1. The van der Waals surface area contributed by atoms with Gasteiger partial charge in [-0.25, -0.2) is 4.39 Å². The highest BCUT2D eigenvalue weighted by Crippen LogP contribution is 2.27. The Labute approximate surface area is 111 Å². The van der Waals surface area contributed by atoms with Gasteiger partial charge in [-0.3, -0.25) is 0 Å². The van der Waals surface area contributed by atoms with Gasteiger partial charge in [-0.05, 0) is 38.3 Å². The number of halogens is 1. The van der Waals surface area contributed by atoms with Crippen LogP contribution in [0.15, 0.2) is 23.4 Å². The van der Waals surface area contributed by atoms with Gasteiger partial charge in [0.1, 0.15) is 17.7 Å². The predicted octanol–water partition coefficient (Wildman–Crippen LogP) is 2.71. The minimum atomic E-state index is -0.531. The molecule has 0 radical (unpaired) electrons. The van der Waals surface area contributed by atoms with Crippen LogP contribution in [0.5, 0.6) is 5.75 Å². The van der Waals surface area contributed by atoms with Crippen molar-refractivity contribution in [2.45, 2.75) is 44.8 Å². The quantitative estimate of drug-likeness (QED) is 0.503. The minimum Gasteiger partial charge on any atom is -0.487 e. The van der Waals surface area contributed by atoms with Crippen LogP contribution in [0.1, 0.15) is 38.2 Å². The van der Waals surface area contributed by atoms with Crippen LogP contribution in [0.2, 0.25) is 0 Å². The molecule has 2 rings (SSSR count). The molecule has 2 unspecified atom stereocenters. The minimum absolute atomic E-state index is 0.307. The van der Waals surface area contributed by atoms with Crippen LogP contribution < -0.4 is 4.74 Å². The van der Waals surface area contributed by atoms with Crippen molar-refractivity contribution in [2.24, 2.45) is 5.16 Å². The monoisotopic (exact) mass is 267 g/mol. The van der Waals surface area contributed by atoms with Crippen LogP contribution in [0.4, 0.5) is 4.39 Å². The van der Waals surface area contributed by atoms with Crippen molar-refractivity contribution >= 4 is 5.71 Å². The van der Waals surface area contributed by atoms with E-state index in [1.54, 1.807) is 6.92 Å². The van der Waals surface area contributed by atoms with E-state index in [1.165, 1.54) is 18.2 Å². The summed E-state index contributed by atoms with van der Waals surface area (Å²) in [6, 6.07) is 4.05. The SMILES string of the molecule is CC(=NO)c1ccc(F)cc1OC1CCCCC1O. The lowest BCUT2D eigenvalue weighted by atomic mass is 9.94. The highest BCUT2D eigenvalue weighted by atomic mass is 19.1. The van der Waals surface area contributed by atoms with Gasteiger partial charge >= 0.3 is 0 Å². The summed E-state index contributed by atoms with van der Waals surface area (Å²) in [4.78, 5) is 0. The fraction of sp³-hybridized carbons (Fsp3) is 0.500. The molecule has 1 aromatic carbocycles. The maximum Gasteiger partial charge on any atom is 0.131 e. The Kier molecular flexibility index (Phi) is 4.37. The van der Waals surface area contributed by atoms with E-state index in [1.807, 2.05) is 0 Å². The number of benzene rings is 1. The maximum atomic E-state index is 13.3. The Morgan fingerprint density at radius 2 is 2.11 bits per heavy atom. The largest absolute Gasteiger partial charge is 0.487 e. The van der Waals surface area contributed by atoms with E-state index in [-0.39, 0.29) is 6.10 Å². The summed E-state index contributed by atoms with van der Waals surface area (Å²) in [7, 11) is 0. The van der Waals surface area contributed by atoms with Crippen LogP contribution in [0.25, 0.3) is 0 Å². The molecule has 0 heterocycles. The smallest absolute Gasteiger partial charge is 0.131 e. The van der Waals surface area contributed by atoms with Gasteiger partial charge in [-0.15, -0.1) is 0 Å². The third-order valence-electron chi connectivity index (χ3n) is 3.43. The molecule has 1 aromatic rings. The van der Waals surface area contributed by atoms with Crippen molar-refractivity contribution in [3.63, 3.8) is 0 Å². The lowest BCUT2D eigenvalue weighted by molar-refractivity contribution is 0.00663. The molecule has 0 bridgehead atoms. The Balaban J connectivity index is 2.25. The number of hydrogen-bond acceptors (Lipinski definition) is 4. The Morgan fingerprint density at radius 3 is 2.79 bits per heavy atom. The van der Waals surface area contributed by atoms with Gasteiger partial charge in [0.25, 0.3) is 0 Å². The third kappa shape index (κ3) is 3.23. The predicted molar refractivity (Wildman–Crippen MR) is 69.3 cm³/mol. The normalized spacial score (nSPS) is 24.3. The Morgan fingerprint density at radius 1 is 1.37 bits per heavy atom. The van der Waals surface area contributed by atoms with Crippen molar-refractivity contribution in [3.8, 4) is 5.75 Å². The van der Waals surface area contributed by atoms with Crippen molar-refractivity contribution in [1.82, 2.24) is 0 Å². The molecule has 0 amide bonds. The van der Waals surface area contributed by atoms with Crippen molar-refractivity contribution in [3.05, 3.63) is 29.6 Å². The summed E-state index contributed by atoms with van der Waals surface area (Å²) in [5, 5.41) is 21.8. The number of rotatable bonds is 3. The first-order valence-corrected chi connectivity index (χ1v) is 6.45. The van der Waals surface area contributed by atoms with Crippen LogP contribution in [0, 0.1) is 5.82 Å². The lowest BCUT2D eigenvalue weighted by Crippen LogP contribution is -2.35. The molecule has 4 nitrogen and oxygen atoms in total. The Bertz CT molecular complexity index is 476. The molecule has 1 aliphatic rings. The van der Waals surface area contributed by atoms with Crippen molar-refractivity contribution in [1.29, 1.82) is 0 Å². The lowest BCUT2D eigenvalue weighted by Gasteiger charge is -2.29. The second-order valence-corrected chi connectivity index (χ2v) is 4.83. The van der Waals surface area contributed by atoms with Crippen LogP contribution >= 0.6 is 0 Å². The molecule has 19 heavy (non-hydrogen) atoms. The molecular weight excluding hydrogens is 249 g/mol. The molecule has 0 saturated heterocycles. The zero-order chi connectivity index (χ0) is 13.8. The fourth-order valence-corrected chi connectivity index (χ4v) is 2.32. The van der Waals surface area contributed by atoms with Gasteiger partial charge in [0, 0.05) is 11.6 Å². The van der Waals surface area contributed by atoms with Crippen LogP contribution in [-0.2, 0) is 0 Å². The molecule has 2 atom stereocenters. The highest BCUT2D eigenvalue weighted by Gasteiger charge is 2.25. The molecule has 0 aromatic heterocycles. The molecule has 2 N–H and O–H groups in total. The summed E-state index contributed by atoms with van der Waals surface area (Å²) in [5.41, 5.74) is 0.877. The van der Waals surface area contributed by atoms with Gasteiger partial charge in [-0.2, -0.15) is 0 Å². The van der Waals surface area contributed by atoms with Crippen molar-refractivity contribution in [2.75, 3.05) is 0 Å². The van der Waals surface area contributed by atoms with Crippen molar-refractivity contribution < 1.29 is 19.4 Å².